The molecule has 1 aromatic heterocycles. The van der Waals surface area contributed by atoms with Crippen LogP contribution in [0.25, 0.3) is 0 Å². The quantitative estimate of drug-likeness (QED) is 0.677. The number of nitrogens with two attached hydrogens (primary N) is 1. The summed E-state index contributed by atoms with van der Waals surface area (Å²) in [6.07, 6.45) is 1.15. The fraction of sp³-hybridized carbons (Fsp3) is 0.304. The number of hydrogen-bond donors (Lipinski definition) is 1. The van der Waals surface area contributed by atoms with Gasteiger partial charge in [-0.05, 0) is 49.1 Å². The maximum atomic E-state index is 13.4. The highest BCUT2D eigenvalue weighted by atomic mass is 35.5. The van der Waals surface area contributed by atoms with Crippen molar-refractivity contribution < 1.29 is 4.79 Å². The van der Waals surface area contributed by atoms with Crippen LogP contribution in [0, 0.1) is 23.7 Å². The summed E-state index contributed by atoms with van der Waals surface area (Å²) in [7, 11) is 0. The van der Waals surface area contributed by atoms with Crippen LogP contribution in [0.15, 0.2) is 59.1 Å². The highest BCUT2D eigenvalue weighted by Crippen LogP contribution is 2.51. The number of nitrogens with zero attached hydrogens (tertiary/aromatic N) is 2. The number of carbonyl (C=O) groups is 1. The number of Topliss-reactive ketones (excluding diaryl/α,β-unsaturated/α-hetero) is 1. The van der Waals surface area contributed by atoms with Gasteiger partial charge in [-0.25, -0.2) is 0 Å². The Morgan fingerprint density at radius 1 is 1.28 bits per heavy atom. The normalized spacial score (nSPS) is 21.3. The summed E-state index contributed by atoms with van der Waals surface area (Å²) in [6, 6.07) is 13.7. The molecule has 1 aliphatic heterocycles. The van der Waals surface area contributed by atoms with Gasteiger partial charge < -0.3 is 5.73 Å². The standard InChI is InChI=1S/C23H22ClN3OS/c1-13-7-8-19(29-13)20-16(12-25)22(26)27(15-6-4-5-14(24)9-15)17-10-23(2,3)11-18(28)21(17)20/h4-9,20H,10-11,26H2,1-3H3. The molecule has 2 N–H and O–H groups in total. The summed E-state index contributed by atoms with van der Waals surface area (Å²) in [4.78, 5) is 17.3. The number of rotatable bonds is 2. The lowest BCUT2D eigenvalue weighted by Crippen LogP contribution is -2.42. The molecule has 2 aliphatic rings. The van der Waals surface area contributed by atoms with E-state index in [0.717, 1.165) is 21.1 Å². The number of hydrogen-bond acceptors (Lipinski definition) is 5. The average Bonchev–Trinajstić information content (AvgIpc) is 3.05. The first-order valence-corrected chi connectivity index (χ1v) is 10.7. The Hall–Kier alpha value is -2.55. The number of ketones is 1. The molecule has 4 nitrogen and oxygen atoms in total. The Kier molecular flexibility index (Phi) is 4.80. The van der Waals surface area contributed by atoms with Crippen molar-refractivity contribution >= 4 is 34.4 Å². The molecule has 148 valence electrons. The van der Waals surface area contributed by atoms with Crippen LogP contribution in [0.4, 0.5) is 5.69 Å². The van der Waals surface area contributed by atoms with Gasteiger partial charge in [0, 0.05) is 38.2 Å². The Morgan fingerprint density at radius 2 is 2.03 bits per heavy atom. The Balaban J connectivity index is 2.00. The van der Waals surface area contributed by atoms with Crippen LogP contribution < -0.4 is 10.6 Å². The Labute approximate surface area is 179 Å². The van der Waals surface area contributed by atoms with Crippen molar-refractivity contribution in [3.8, 4) is 6.07 Å². The van der Waals surface area contributed by atoms with Crippen molar-refractivity contribution in [2.24, 2.45) is 11.1 Å². The van der Waals surface area contributed by atoms with Crippen molar-refractivity contribution in [1.82, 2.24) is 0 Å². The topological polar surface area (TPSA) is 70.1 Å². The SMILES string of the molecule is Cc1ccc(C2C(C#N)=C(N)N(c3cccc(Cl)c3)C3=C2C(=O)CC(C)(C)C3)s1. The van der Waals surface area contributed by atoms with Gasteiger partial charge in [-0.15, -0.1) is 11.3 Å². The molecule has 0 amide bonds. The van der Waals surface area contributed by atoms with Gasteiger partial charge in [-0.1, -0.05) is 31.5 Å². The molecule has 1 unspecified atom stereocenters. The third-order valence-corrected chi connectivity index (χ3v) is 6.79. The van der Waals surface area contributed by atoms with E-state index < -0.39 is 5.92 Å². The molecule has 2 aromatic rings. The Bertz CT molecular complexity index is 1120. The smallest absolute Gasteiger partial charge is 0.162 e. The van der Waals surface area contributed by atoms with Crippen molar-refractivity contribution in [1.29, 1.82) is 5.26 Å². The number of aryl methyl sites for hydroxylation is 1. The minimum atomic E-state index is -0.410. The van der Waals surface area contributed by atoms with Crippen LogP contribution >= 0.6 is 22.9 Å². The molecular formula is C23H22ClN3OS. The van der Waals surface area contributed by atoms with Gasteiger partial charge in [0.05, 0.1) is 17.6 Å². The monoisotopic (exact) mass is 423 g/mol. The van der Waals surface area contributed by atoms with Crippen molar-refractivity contribution in [2.75, 3.05) is 4.90 Å². The van der Waals surface area contributed by atoms with Crippen LogP contribution in [0.1, 0.15) is 42.4 Å². The lowest BCUT2D eigenvalue weighted by Gasteiger charge is -2.43. The zero-order valence-corrected chi connectivity index (χ0v) is 18.2. The maximum Gasteiger partial charge on any atom is 0.162 e. The molecule has 0 fully saturated rings. The predicted molar refractivity (Wildman–Crippen MR) is 118 cm³/mol. The zero-order valence-electron chi connectivity index (χ0n) is 16.6. The van der Waals surface area contributed by atoms with Crippen LogP contribution in [-0.4, -0.2) is 5.78 Å². The molecule has 1 aliphatic carbocycles. The van der Waals surface area contributed by atoms with E-state index in [1.54, 1.807) is 17.4 Å². The van der Waals surface area contributed by atoms with Gasteiger partial charge in [-0.3, -0.25) is 9.69 Å². The van der Waals surface area contributed by atoms with Crippen LogP contribution in [0.3, 0.4) is 0 Å². The molecule has 0 radical (unpaired) electrons. The Morgan fingerprint density at radius 3 is 2.66 bits per heavy atom. The largest absolute Gasteiger partial charge is 0.384 e. The summed E-state index contributed by atoms with van der Waals surface area (Å²) in [5.74, 6) is 0.0439. The molecular weight excluding hydrogens is 402 g/mol. The lowest BCUT2D eigenvalue weighted by atomic mass is 9.69. The van der Waals surface area contributed by atoms with Gasteiger partial charge in [0.1, 0.15) is 5.82 Å². The van der Waals surface area contributed by atoms with E-state index in [1.165, 1.54) is 0 Å². The number of nitriles is 1. The molecule has 0 saturated carbocycles. The summed E-state index contributed by atoms with van der Waals surface area (Å²) < 4.78 is 0. The second kappa shape index (κ2) is 7.05. The molecule has 4 rings (SSSR count). The van der Waals surface area contributed by atoms with Gasteiger partial charge in [-0.2, -0.15) is 5.26 Å². The number of benzene rings is 1. The minimum Gasteiger partial charge on any atom is -0.384 e. The minimum absolute atomic E-state index is 0.0829. The average molecular weight is 424 g/mol. The van der Waals surface area contributed by atoms with Gasteiger partial charge in [0.15, 0.2) is 5.78 Å². The van der Waals surface area contributed by atoms with E-state index in [-0.39, 0.29) is 11.2 Å². The lowest BCUT2D eigenvalue weighted by molar-refractivity contribution is -0.118. The number of carbonyl (C=O) groups excluding carboxylic acids is 1. The fourth-order valence-corrected chi connectivity index (χ4v) is 5.49. The molecule has 29 heavy (non-hydrogen) atoms. The number of thiophene rings is 1. The highest BCUT2D eigenvalue weighted by Gasteiger charge is 2.45. The molecule has 6 heteroatoms. The summed E-state index contributed by atoms with van der Waals surface area (Å²) in [5, 5.41) is 10.6. The first-order valence-electron chi connectivity index (χ1n) is 9.50. The number of allylic oxidation sites excluding steroid dienone is 3. The van der Waals surface area contributed by atoms with Crippen LogP contribution in [0.5, 0.6) is 0 Å². The van der Waals surface area contributed by atoms with E-state index in [1.807, 2.05) is 42.2 Å². The second-order valence-corrected chi connectivity index (χ2v) is 10.2. The predicted octanol–water partition coefficient (Wildman–Crippen LogP) is 5.65. The molecule has 2 heterocycles. The molecule has 1 aromatic carbocycles. The summed E-state index contributed by atoms with van der Waals surface area (Å²) in [5.41, 5.74) is 9.15. The van der Waals surface area contributed by atoms with Gasteiger partial charge >= 0.3 is 0 Å². The number of halogens is 1. The molecule has 1 atom stereocenters. The maximum absolute atomic E-state index is 13.4. The van der Waals surface area contributed by atoms with E-state index in [2.05, 4.69) is 19.9 Å². The van der Waals surface area contributed by atoms with E-state index >= 15 is 0 Å². The number of anilines is 1. The molecule has 0 bridgehead atoms. The van der Waals surface area contributed by atoms with E-state index in [4.69, 9.17) is 17.3 Å². The second-order valence-electron chi connectivity index (χ2n) is 8.41. The summed E-state index contributed by atoms with van der Waals surface area (Å²) >= 11 is 7.85. The molecule has 0 spiro atoms. The zero-order chi connectivity index (χ0) is 20.9. The van der Waals surface area contributed by atoms with Crippen molar-refractivity contribution in [3.05, 3.63) is 73.8 Å². The summed E-state index contributed by atoms with van der Waals surface area (Å²) in [6.45, 7) is 6.21. The van der Waals surface area contributed by atoms with Crippen molar-refractivity contribution in [3.63, 3.8) is 0 Å². The molecule has 0 saturated heterocycles. The third-order valence-electron chi connectivity index (χ3n) is 5.49. The van der Waals surface area contributed by atoms with Gasteiger partial charge in [0.2, 0.25) is 0 Å². The van der Waals surface area contributed by atoms with E-state index in [0.29, 0.717) is 34.8 Å². The van der Waals surface area contributed by atoms with Crippen LogP contribution in [0.2, 0.25) is 5.02 Å². The van der Waals surface area contributed by atoms with Crippen LogP contribution in [-0.2, 0) is 4.79 Å². The first-order chi connectivity index (χ1) is 13.7. The van der Waals surface area contributed by atoms with Crippen molar-refractivity contribution in [2.45, 2.75) is 39.5 Å². The highest BCUT2D eigenvalue weighted by molar-refractivity contribution is 7.12. The first kappa shape index (κ1) is 19.8. The third kappa shape index (κ3) is 3.37. The van der Waals surface area contributed by atoms with E-state index in [9.17, 15) is 10.1 Å². The van der Waals surface area contributed by atoms with Gasteiger partial charge in [0.25, 0.3) is 0 Å². The fourth-order valence-electron chi connectivity index (χ4n) is 4.31.